The van der Waals surface area contributed by atoms with Gasteiger partial charge in [0, 0.05) is 0 Å². The zero-order valence-corrected chi connectivity index (χ0v) is 17.2. The topological polar surface area (TPSA) is 23.8 Å². The van der Waals surface area contributed by atoms with E-state index >= 15 is 0 Å². The van der Waals surface area contributed by atoms with E-state index in [4.69, 9.17) is 5.26 Å². The zero-order valence-electron chi connectivity index (χ0n) is 17.2. The maximum Gasteiger partial charge on any atom is 0.196 e. The van der Waals surface area contributed by atoms with Crippen molar-refractivity contribution >= 4 is 0 Å². The summed E-state index contributed by atoms with van der Waals surface area (Å²) in [4.78, 5) is 0. The van der Waals surface area contributed by atoms with Crippen LogP contribution in [0.5, 0.6) is 0 Å². The van der Waals surface area contributed by atoms with Crippen LogP contribution in [0.15, 0.2) is 48.3 Å². The van der Waals surface area contributed by atoms with Crippen LogP contribution in [0.25, 0.3) is 0 Å². The van der Waals surface area contributed by atoms with Gasteiger partial charge in [-0.15, -0.1) is 0 Å². The fourth-order valence-corrected chi connectivity index (χ4v) is 4.95. The molecule has 0 amide bonds. The molecule has 0 heterocycles. The SMILES string of the molecule is CCCc1ccc(C2CCC(/C=C/C3CCC(C=C(F)C#N)CC3)CC2)cc1. The van der Waals surface area contributed by atoms with E-state index in [0.29, 0.717) is 5.92 Å². The number of nitriles is 1. The summed E-state index contributed by atoms with van der Waals surface area (Å²) >= 11 is 0. The molecule has 0 bridgehead atoms. The van der Waals surface area contributed by atoms with Gasteiger partial charge in [0.25, 0.3) is 0 Å². The van der Waals surface area contributed by atoms with Crippen LogP contribution in [-0.4, -0.2) is 0 Å². The van der Waals surface area contributed by atoms with Crippen molar-refractivity contribution in [2.75, 3.05) is 0 Å². The van der Waals surface area contributed by atoms with Crippen molar-refractivity contribution in [1.29, 1.82) is 5.26 Å². The van der Waals surface area contributed by atoms with Crippen molar-refractivity contribution in [3.05, 3.63) is 59.4 Å². The van der Waals surface area contributed by atoms with Gasteiger partial charge in [0.05, 0.1) is 0 Å². The number of benzene rings is 1. The fourth-order valence-electron chi connectivity index (χ4n) is 4.95. The maximum absolute atomic E-state index is 13.1. The lowest BCUT2D eigenvalue weighted by atomic mass is 9.77. The second-order valence-electron chi connectivity index (χ2n) is 8.79. The van der Waals surface area contributed by atoms with Gasteiger partial charge in [-0.2, -0.15) is 9.65 Å². The fraction of sp³-hybridized carbons (Fsp3) is 0.577. The molecular weight excluding hydrogens is 345 g/mol. The van der Waals surface area contributed by atoms with E-state index in [1.54, 1.807) is 6.07 Å². The van der Waals surface area contributed by atoms with Gasteiger partial charge in [-0.3, -0.25) is 0 Å². The smallest absolute Gasteiger partial charge is 0.195 e. The lowest BCUT2D eigenvalue weighted by molar-refractivity contribution is 0.346. The monoisotopic (exact) mass is 379 g/mol. The van der Waals surface area contributed by atoms with E-state index in [1.165, 1.54) is 55.7 Å². The Balaban J connectivity index is 1.41. The van der Waals surface area contributed by atoms with Gasteiger partial charge in [-0.05, 0) is 98.7 Å². The first-order chi connectivity index (χ1) is 13.7. The number of hydrogen-bond donors (Lipinski definition) is 0. The van der Waals surface area contributed by atoms with Gasteiger partial charge in [0.2, 0.25) is 0 Å². The van der Waals surface area contributed by atoms with E-state index in [-0.39, 0.29) is 5.92 Å². The third kappa shape index (κ3) is 6.06. The van der Waals surface area contributed by atoms with E-state index in [0.717, 1.165) is 37.5 Å². The van der Waals surface area contributed by atoms with Crippen molar-refractivity contribution in [2.45, 2.75) is 77.0 Å². The quantitative estimate of drug-likeness (QED) is 0.368. The summed E-state index contributed by atoms with van der Waals surface area (Å²) in [6.45, 7) is 2.24. The molecule has 3 rings (SSSR count). The molecule has 28 heavy (non-hydrogen) atoms. The van der Waals surface area contributed by atoms with Gasteiger partial charge >= 0.3 is 0 Å². The van der Waals surface area contributed by atoms with Crippen molar-refractivity contribution < 1.29 is 4.39 Å². The molecule has 2 aliphatic rings. The molecule has 1 aromatic rings. The highest BCUT2D eigenvalue weighted by atomic mass is 19.1. The van der Waals surface area contributed by atoms with Gasteiger partial charge in [0.1, 0.15) is 6.07 Å². The van der Waals surface area contributed by atoms with E-state index < -0.39 is 5.83 Å². The molecule has 1 nitrogen and oxygen atoms in total. The van der Waals surface area contributed by atoms with Crippen LogP contribution in [0.2, 0.25) is 0 Å². The van der Waals surface area contributed by atoms with Crippen LogP contribution in [0.4, 0.5) is 4.39 Å². The summed E-state index contributed by atoms with van der Waals surface area (Å²) in [6, 6.07) is 10.9. The predicted octanol–water partition coefficient (Wildman–Crippen LogP) is 7.65. The Bertz CT molecular complexity index is 693. The van der Waals surface area contributed by atoms with Gasteiger partial charge in [0.15, 0.2) is 5.83 Å². The van der Waals surface area contributed by atoms with Crippen molar-refractivity contribution in [3.8, 4) is 6.07 Å². The number of aryl methyl sites for hydroxylation is 1. The van der Waals surface area contributed by atoms with Gasteiger partial charge < -0.3 is 0 Å². The molecule has 2 aliphatic carbocycles. The average Bonchev–Trinajstić information content (AvgIpc) is 2.74. The van der Waals surface area contributed by atoms with Crippen molar-refractivity contribution in [1.82, 2.24) is 0 Å². The highest BCUT2D eigenvalue weighted by molar-refractivity contribution is 5.26. The van der Waals surface area contributed by atoms with Crippen LogP contribution in [-0.2, 0) is 6.42 Å². The van der Waals surface area contributed by atoms with Crippen molar-refractivity contribution in [3.63, 3.8) is 0 Å². The Morgan fingerprint density at radius 3 is 2.00 bits per heavy atom. The second kappa shape index (κ2) is 10.6. The Hall–Kier alpha value is -1.88. The Labute approximate surface area is 170 Å². The van der Waals surface area contributed by atoms with E-state index in [2.05, 4.69) is 43.3 Å². The molecule has 2 saturated carbocycles. The molecule has 0 aliphatic heterocycles. The molecule has 0 aromatic heterocycles. The number of allylic oxidation sites excluding steroid dienone is 4. The first kappa shape index (κ1) is 20.8. The molecule has 0 spiro atoms. The molecule has 150 valence electrons. The van der Waals surface area contributed by atoms with Gasteiger partial charge in [-0.25, -0.2) is 0 Å². The summed E-state index contributed by atoms with van der Waals surface area (Å²) in [6.07, 6.45) is 18.3. The van der Waals surface area contributed by atoms with Crippen LogP contribution >= 0.6 is 0 Å². The lowest BCUT2D eigenvalue weighted by Crippen LogP contribution is -2.14. The number of rotatable bonds is 6. The minimum atomic E-state index is -0.615. The van der Waals surface area contributed by atoms with Crippen molar-refractivity contribution in [2.24, 2.45) is 17.8 Å². The Kier molecular flexibility index (Phi) is 7.90. The average molecular weight is 380 g/mol. The summed E-state index contributed by atoms with van der Waals surface area (Å²) in [7, 11) is 0. The van der Waals surface area contributed by atoms with Crippen LogP contribution in [0.3, 0.4) is 0 Å². The number of halogens is 1. The highest BCUT2D eigenvalue weighted by Crippen LogP contribution is 2.37. The molecule has 0 atom stereocenters. The van der Waals surface area contributed by atoms with Crippen LogP contribution in [0, 0.1) is 29.1 Å². The minimum absolute atomic E-state index is 0.253. The Morgan fingerprint density at radius 2 is 1.46 bits per heavy atom. The summed E-state index contributed by atoms with van der Waals surface area (Å²) in [5, 5.41) is 8.57. The molecule has 0 N–H and O–H groups in total. The molecule has 2 heteroatoms. The van der Waals surface area contributed by atoms with E-state index in [9.17, 15) is 4.39 Å². The molecule has 0 unspecified atom stereocenters. The van der Waals surface area contributed by atoms with Crippen LogP contribution < -0.4 is 0 Å². The summed E-state index contributed by atoms with van der Waals surface area (Å²) < 4.78 is 13.1. The third-order valence-corrected chi connectivity index (χ3v) is 6.72. The summed E-state index contributed by atoms with van der Waals surface area (Å²) in [5.41, 5.74) is 2.99. The standard InChI is InChI=1S/C26H34FN/c1-2-3-20-10-14-24(15-11-20)25-16-12-22(13-17-25)5-4-21-6-8-23(9-7-21)18-26(27)19-28/h4-5,10-11,14-15,18,21-23,25H,2-3,6-9,12-13,16-17H2,1H3/b5-4+,26-18?. The molecule has 1 aromatic carbocycles. The minimum Gasteiger partial charge on any atom is -0.195 e. The predicted molar refractivity (Wildman–Crippen MR) is 115 cm³/mol. The maximum atomic E-state index is 13.1. The third-order valence-electron chi connectivity index (χ3n) is 6.72. The van der Waals surface area contributed by atoms with E-state index in [1.807, 2.05) is 0 Å². The zero-order chi connectivity index (χ0) is 19.8. The normalized spacial score (nSPS) is 29.0. The largest absolute Gasteiger partial charge is 0.196 e. The van der Waals surface area contributed by atoms with Crippen LogP contribution in [0.1, 0.15) is 81.8 Å². The molecule has 0 saturated heterocycles. The van der Waals surface area contributed by atoms with Gasteiger partial charge in [-0.1, -0.05) is 49.8 Å². The Morgan fingerprint density at radius 1 is 0.929 bits per heavy atom. The number of nitrogens with zero attached hydrogens (tertiary/aromatic N) is 1. The second-order valence-corrected chi connectivity index (χ2v) is 8.79. The highest BCUT2D eigenvalue weighted by Gasteiger charge is 2.22. The molecular formula is C26H34FN. The first-order valence-corrected chi connectivity index (χ1v) is 11.2. The molecule has 0 radical (unpaired) electrons. The molecule has 2 fully saturated rings. The first-order valence-electron chi connectivity index (χ1n) is 11.2. The number of hydrogen-bond acceptors (Lipinski definition) is 1. The lowest BCUT2D eigenvalue weighted by Gasteiger charge is -2.28. The summed E-state index contributed by atoms with van der Waals surface area (Å²) in [5.74, 6) is 1.74.